The largest absolute Gasteiger partial charge is 1.00 e. The second-order valence-corrected chi connectivity index (χ2v) is 10.0. The van der Waals surface area contributed by atoms with Gasteiger partial charge in [0.25, 0.3) is 5.97 Å². The summed E-state index contributed by atoms with van der Waals surface area (Å²) in [6, 6.07) is 25.0. The molecule has 4 bridgehead atoms. The molecule has 232 valence electrons. The molecule has 3 heterocycles. The number of hydrogen-bond donors (Lipinski definition) is 1. The van der Waals surface area contributed by atoms with Gasteiger partial charge in [0.1, 0.15) is 18.6 Å². The molecule has 10 nitrogen and oxygen atoms in total. The first-order valence-electron chi connectivity index (χ1n) is 14.3. The van der Waals surface area contributed by atoms with Crippen LogP contribution in [-0.4, -0.2) is 41.0 Å². The molecule has 0 aliphatic carbocycles. The number of aryl methyl sites for hydroxylation is 1. The number of benzene rings is 3. The Hall–Kier alpha value is -4.44. The molecule has 0 unspecified atom stereocenters. The summed E-state index contributed by atoms with van der Waals surface area (Å²) in [7, 11) is 1.45. The number of nitrogens with zero attached hydrogens (tertiary/aromatic N) is 4. The first-order chi connectivity index (χ1) is 22.4. The van der Waals surface area contributed by atoms with Crippen molar-refractivity contribution in [3.8, 4) is 34.7 Å². The summed E-state index contributed by atoms with van der Waals surface area (Å²) >= 11 is 0. The van der Waals surface area contributed by atoms with Crippen LogP contribution in [0.4, 0.5) is 5.69 Å². The van der Waals surface area contributed by atoms with Gasteiger partial charge in [-0.3, -0.25) is 15.8 Å². The van der Waals surface area contributed by atoms with E-state index in [1.807, 2.05) is 48.5 Å². The van der Waals surface area contributed by atoms with E-state index in [1.54, 1.807) is 12.3 Å². The Balaban J connectivity index is 0.000000643. The minimum Gasteiger partial charge on any atom is -0.570 e. The summed E-state index contributed by atoms with van der Waals surface area (Å²) in [5, 5.41) is 18.6. The van der Waals surface area contributed by atoms with Crippen LogP contribution in [0.25, 0.3) is 11.3 Å². The molecule has 1 N–H and O–H groups in total. The predicted molar refractivity (Wildman–Crippen MR) is 170 cm³/mol. The van der Waals surface area contributed by atoms with Gasteiger partial charge in [-0.2, -0.15) is 23.2 Å². The van der Waals surface area contributed by atoms with Crippen molar-refractivity contribution in [2.24, 2.45) is 4.99 Å². The number of aromatic nitrogens is 2. The van der Waals surface area contributed by atoms with E-state index in [0.717, 1.165) is 40.8 Å². The average Bonchev–Trinajstić information content (AvgIpc) is 3.57. The van der Waals surface area contributed by atoms with Crippen molar-refractivity contribution in [2.75, 3.05) is 13.7 Å². The first kappa shape index (κ1) is 35.4. The predicted octanol–water partition coefficient (Wildman–Crippen LogP) is 3.71. The number of carboxylic acid groups (broad SMARTS) is 1. The Bertz CT molecular complexity index is 1890. The molecule has 0 spiro atoms. The Morgan fingerprint density at radius 3 is 2.77 bits per heavy atom. The number of oxazole rings is 1. The first-order valence-corrected chi connectivity index (χ1v) is 14.3. The maximum absolute atomic E-state index is 11.2. The van der Waals surface area contributed by atoms with E-state index in [2.05, 4.69) is 44.7 Å². The van der Waals surface area contributed by atoms with Gasteiger partial charge in [0.15, 0.2) is 0 Å². The average molecular weight is 653 g/mol. The number of nitriles is 1. The molecule has 0 fully saturated rings. The zero-order chi connectivity index (χ0) is 32.3. The van der Waals surface area contributed by atoms with Gasteiger partial charge in [-0.15, -0.1) is 6.07 Å². The van der Waals surface area contributed by atoms with Crippen molar-refractivity contribution in [3.05, 3.63) is 126 Å². The van der Waals surface area contributed by atoms with E-state index in [0.29, 0.717) is 54.2 Å². The number of rotatable bonds is 5. The number of carbonyl (C=O) groups is 1. The summed E-state index contributed by atoms with van der Waals surface area (Å²) in [4.78, 5) is 23.9. The van der Waals surface area contributed by atoms with Crippen LogP contribution in [-0.2, 0) is 19.4 Å². The zero-order valence-corrected chi connectivity index (χ0v) is 29.1. The third-order valence-corrected chi connectivity index (χ3v) is 6.94. The molecule has 0 atom stereocenters. The van der Waals surface area contributed by atoms with Crippen LogP contribution in [0.5, 0.6) is 17.4 Å². The Kier molecular flexibility index (Phi) is 13.2. The third-order valence-electron chi connectivity index (χ3n) is 6.94. The molecule has 0 saturated heterocycles. The maximum atomic E-state index is 11.2. The molecule has 47 heavy (non-hydrogen) atoms. The van der Waals surface area contributed by atoms with Gasteiger partial charge in [0.2, 0.25) is 5.88 Å². The van der Waals surface area contributed by atoms with E-state index in [4.69, 9.17) is 14.2 Å². The van der Waals surface area contributed by atoms with Crippen molar-refractivity contribution in [1.29, 1.82) is 5.26 Å². The van der Waals surface area contributed by atoms with Gasteiger partial charge in [0.05, 0.1) is 43.1 Å². The van der Waals surface area contributed by atoms with Gasteiger partial charge in [0, 0.05) is 11.6 Å². The van der Waals surface area contributed by atoms with Crippen LogP contribution >= 0.6 is 0 Å². The van der Waals surface area contributed by atoms with Gasteiger partial charge < -0.3 is 35.7 Å². The monoisotopic (exact) mass is 652 g/mol. The maximum Gasteiger partial charge on any atom is 1.00 e. The smallest absolute Gasteiger partial charge is 0.570 e. The van der Waals surface area contributed by atoms with Crippen LogP contribution < -0.4 is 65.6 Å². The van der Waals surface area contributed by atoms with E-state index < -0.39 is 5.97 Å². The number of aromatic carboxylic acids is 1. The molecule has 2 aromatic heterocycles. The van der Waals surface area contributed by atoms with Crippen molar-refractivity contribution in [1.82, 2.24) is 9.97 Å². The second kappa shape index (κ2) is 17.5. The fourth-order valence-corrected chi connectivity index (χ4v) is 4.61. The van der Waals surface area contributed by atoms with Crippen molar-refractivity contribution < 1.29 is 79.9 Å². The van der Waals surface area contributed by atoms with Gasteiger partial charge in [-0.25, -0.2) is 4.98 Å². The zero-order valence-electron chi connectivity index (χ0n) is 26.0. The van der Waals surface area contributed by atoms with E-state index in [9.17, 15) is 15.2 Å². The molecule has 0 amide bonds. The topological polar surface area (TPSA) is 140 Å². The summed E-state index contributed by atoms with van der Waals surface area (Å²) < 4.78 is 22.2. The van der Waals surface area contributed by atoms with Crippen LogP contribution in [0, 0.1) is 24.3 Å². The van der Waals surface area contributed by atoms with Crippen LogP contribution in [0.3, 0.4) is 0 Å². The number of aliphatic imine (C=N–C) groups is 1. The molecule has 3 aromatic carbocycles. The fourth-order valence-electron chi connectivity index (χ4n) is 4.61. The van der Waals surface area contributed by atoms with E-state index >= 15 is 0 Å². The number of hydrogen-bond acceptors (Lipinski definition) is 9. The summed E-state index contributed by atoms with van der Waals surface area (Å²) in [5.74, 6) is 0.899. The van der Waals surface area contributed by atoms with Crippen LogP contribution in [0.15, 0.2) is 88.6 Å². The standard InChI is InChI=1S/C32H25N3O5.C4H4NO.K/c1-38-30-18-25(32(36)37)11-12-28(30)34-14-13-22-9-10-24-17-29(22)39-15-3-4-23-16-21(19-33)7-8-26(23)20-40-31-6-2-5-27(24)35-31;1-4-5-2-3-6-4;/h2,5-11,16-18H,3-4,13,15,20H2,1H3,(H,36,37);2-3H,1H2;/q-2;-1;+1. The molecule has 0 saturated carbocycles. The molecule has 0 radical (unpaired) electrons. The fraction of sp³-hybridized carbons (Fsp3) is 0.167. The molecular formula is C36H29KN4O6-2. The summed E-state index contributed by atoms with van der Waals surface area (Å²) in [6.45, 7) is 4.23. The Morgan fingerprint density at radius 1 is 1.17 bits per heavy atom. The van der Waals surface area contributed by atoms with Crippen LogP contribution in [0.1, 0.15) is 44.9 Å². The number of ether oxygens (including phenoxy) is 3. The molecule has 1 aliphatic heterocycles. The summed E-state index contributed by atoms with van der Waals surface area (Å²) in [5.41, 5.74) is 5.60. The molecule has 1 aliphatic rings. The minimum absolute atomic E-state index is 0. The van der Waals surface area contributed by atoms with Gasteiger partial charge >= 0.3 is 51.4 Å². The number of methoxy groups -OCH3 is 1. The SMILES string of the molecule is COc1cc(C(=O)O)c[c-]c1N=[C-]Cc1ccc2cc1OCCCc1cc(C#N)ccc1COc1cccc-2n1.[CH2-]c1ncco1.[K+]. The normalized spacial score (nSPS) is 12.0. The van der Waals surface area contributed by atoms with Crippen molar-refractivity contribution >= 4 is 17.9 Å². The van der Waals surface area contributed by atoms with Gasteiger partial charge in [-0.1, -0.05) is 36.2 Å². The van der Waals surface area contributed by atoms with Crippen molar-refractivity contribution in [2.45, 2.75) is 25.9 Å². The molecule has 11 heteroatoms. The summed E-state index contributed by atoms with van der Waals surface area (Å²) in [6.07, 6.45) is 7.88. The van der Waals surface area contributed by atoms with E-state index in [-0.39, 0.29) is 56.9 Å². The van der Waals surface area contributed by atoms with Gasteiger partial charge in [-0.05, 0) is 59.5 Å². The Morgan fingerprint density at radius 2 is 2.04 bits per heavy atom. The number of carboxylic acids is 1. The quantitative estimate of drug-likeness (QED) is 0.171. The molecule has 6 rings (SSSR count). The minimum atomic E-state index is -1.07. The van der Waals surface area contributed by atoms with Crippen molar-refractivity contribution in [3.63, 3.8) is 0 Å². The van der Waals surface area contributed by atoms with E-state index in [1.165, 1.54) is 25.5 Å². The molecule has 5 aromatic rings. The van der Waals surface area contributed by atoms with Crippen LogP contribution in [0.2, 0.25) is 0 Å². The molecular weight excluding hydrogens is 624 g/mol. The number of pyridine rings is 1. The Labute approximate surface area is 315 Å². The third kappa shape index (κ3) is 9.78. The second-order valence-electron chi connectivity index (χ2n) is 10.0. The number of fused-ring (bicyclic) bond motifs is 6.